The van der Waals surface area contributed by atoms with Crippen LogP contribution in [-0.2, 0) is 9.84 Å². The molecular formula is C15H18O3S. The third-order valence-corrected chi connectivity index (χ3v) is 5.84. The van der Waals surface area contributed by atoms with Gasteiger partial charge in [-0.15, -0.1) is 0 Å². The highest BCUT2D eigenvalue weighted by Gasteiger charge is 2.38. The lowest BCUT2D eigenvalue weighted by Gasteiger charge is -2.29. The molecule has 2 aromatic carbocycles. The van der Waals surface area contributed by atoms with Crippen LogP contribution in [0.2, 0.25) is 0 Å². The van der Waals surface area contributed by atoms with Gasteiger partial charge in [0.25, 0.3) is 0 Å². The van der Waals surface area contributed by atoms with Gasteiger partial charge >= 0.3 is 0 Å². The summed E-state index contributed by atoms with van der Waals surface area (Å²) in [6, 6.07) is 13.3. The van der Waals surface area contributed by atoms with E-state index in [1.54, 1.807) is 19.9 Å². The average molecular weight is 278 g/mol. The van der Waals surface area contributed by atoms with Crippen molar-refractivity contribution in [2.75, 3.05) is 6.26 Å². The second-order valence-corrected chi connectivity index (χ2v) is 7.98. The summed E-state index contributed by atoms with van der Waals surface area (Å²) in [6.07, 6.45) is 0.101. The van der Waals surface area contributed by atoms with Crippen molar-refractivity contribution in [1.82, 2.24) is 0 Å². The summed E-state index contributed by atoms with van der Waals surface area (Å²) in [4.78, 5) is 0. The highest BCUT2D eigenvalue weighted by Crippen LogP contribution is 2.33. The Morgan fingerprint density at radius 3 is 2.21 bits per heavy atom. The average Bonchev–Trinajstić information content (AvgIpc) is 2.36. The molecule has 0 aliphatic carbocycles. The van der Waals surface area contributed by atoms with Crippen LogP contribution in [0.25, 0.3) is 10.8 Å². The molecule has 4 heteroatoms. The van der Waals surface area contributed by atoms with E-state index in [1.165, 1.54) is 0 Å². The molecule has 3 nitrogen and oxygen atoms in total. The SMILES string of the molecule is CC(C)(C(O)c1ccc2ccccc2c1)S(C)(=O)=O. The monoisotopic (exact) mass is 278 g/mol. The van der Waals surface area contributed by atoms with E-state index in [2.05, 4.69) is 0 Å². The van der Waals surface area contributed by atoms with Crippen LogP contribution in [-0.4, -0.2) is 24.5 Å². The Hall–Kier alpha value is -1.39. The Morgan fingerprint density at radius 2 is 1.63 bits per heavy atom. The second-order valence-electron chi connectivity index (χ2n) is 5.38. The third-order valence-electron chi connectivity index (χ3n) is 3.70. The standard InChI is InChI=1S/C15H18O3S/c1-15(2,19(3,17)18)14(16)13-9-8-11-6-4-5-7-12(11)10-13/h4-10,14,16H,1-3H3. The van der Waals surface area contributed by atoms with Gasteiger partial charge in [0.05, 0.1) is 10.9 Å². The van der Waals surface area contributed by atoms with Crippen LogP contribution in [0.4, 0.5) is 0 Å². The number of fused-ring (bicyclic) bond motifs is 1. The molecule has 0 aliphatic rings. The van der Waals surface area contributed by atoms with Crippen molar-refractivity contribution in [3.8, 4) is 0 Å². The van der Waals surface area contributed by atoms with Crippen molar-refractivity contribution >= 4 is 20.6 Å². The first-order chi connectivity index (χ1) is 8.73. The predicted octanol–water partition coefficient (Wildman–Crippen LogP) is 2.70. The van der Waals surface area contributed by atoms with Crippen LogP contribution < -0.4 is 0 Å². The van der Waals surface area contributed by atoms with Crippen molar-refractivity contribution in [2.45, 2.75) is 24.7 Å². The summed E-state index contributed by atoms with van der Waals surface area (Å²) in [5, 5.41) is 12.4. The first-order valence-corrected chi connectivity index (χ1v) is 7.99. The molecule has 1 atom stereocenters. The molecule has 0 spiro atoms. The van der Waals surface area contributed by atoms with Gasteiger partial charge in [0, 0.05) is 6.26 Å². The summed E-state index contributed by atoms with van der Waals surface area (Å²) in [5.74, 6) is 0. The minimum atomic E-state index is -3.35. The lowest BCUT2D eigenvalue weighted by atomic mass is 9.96. The van der Waals surface area contributed by atoms with Crippen molar-refractivity contribution < 1.29 is 13.5 Å². The van der Waals surface area contributed by atoms with Gasteiger partial charge in [-0.25, -0.2) is 8.42 Å². The zero-order valence-corrected chi connectivity index (χ0v) is 12.1. The summed E-state index contributed by atoms with van der Waals surface area (Å²) in [7, 11) is -3.35. The Kier molecular flexibility index (Phi) is 3.41. The first kappa shape index (κ1) is 14.0. The fourth-order valence-electron chi connectivity index (χ4n) is 1.98. The number of aliphatic hydroxyl groups excluding tert-OH is 1. The van der Waals surface area contributed by atoms with E-state index in [1.807, 2.05) is 36.4 Å². The maximum Gasteiger partial charge on any atom is 0.155 e. The van der Waals surface area contributed by atoms with Crippen molar-refractivity contribution in [2.24, 2.45) is 0 Å². The first-order valence-electron chi connectivity index (χ1n) is 6.10. The van der Waals surface area contributed by atoms with Gasteiger partial charge in [-0.1, -0.05) is 36.4 Å². The molecule has 2 aromatic rings. The van der Waals surface area contributed by atoms with E-state index in [4.69, 9.17) is 0 Å². The Labute approximate surface area is 113 Å². The van der Waals surface area contributed by atoms with Gasteiger partial charge in [-0.05, 0) is 36.2 Å². The third kappa shape index (κ3) is 2.51. The molecule has 2 rings (SSSR count). The largest absolute Gasteiger partial charge is 0.387 e. The van der Waals surface area contributed by atoms with E-state index in [0.29, 0.717) is 5.56 Å². The molecule has 102 valence electrons. The maximum absolute atomic E-state index is 11.8. The fourth-order valence-corrected chi connectivity index (χ4v) is 2.52. The van der Waals surface area contributed by atoms with E-state index in [0.717, 1.165) is 17.0 Å². The number of sulfone groups is 1. The van der Waals surface area contributed by atoms with Gasteiger partial charge in [0.2, 0.25) is 0 Å². The van der Waals surface area contributed by atoms with E-state index >= 15 is 0 Å². The molecule has 0 amide bonds. The second kappa shape index (κ2) is 4.62. The Bertz CT molecular complexity index is 702. The molecule has 0 fully saturated rings. The smallest absolute Gasteiger partial charge is 0.155 e. The molecule has 0 radical (unpaired) electrons. The lowest BCUT2D eigenvalue weighted by Crippen LogP contribution is -2.37. The highest BCUT2D eigenvalue weighted by molar-refractivity contribution is 7.92. The van der Waals surface area contributed by atoms with Crippen LogP contribution >= 0.6 is 0 Å². The topological polar surface area (TPSA) is 54.4 Å². The zero-order valence-electron chi connectivity index (χ0n) is 11.3. The van der Waals surface area contributed by atoms with Gasteiger partial charge in [0.15, 0.2) is 9.84 Å². The van der Waals surface area contributed by atoms with Crippen LogP contribution in [0.1, 0.15) is 25.5 Å². The van der Waals surface area contributed by atoms with E-state index in [-0.39, 0.29) is 0 Å². The highest BCUT2D eigenvalue weighted by atomic mass is 32.2. The van der Waals surface area contributed by atoms with Gasteiger partial charge < -0.3 is 5.11 Å². The van der Waals surface area contributed by atoms with Gasteiger partial charge in [-0.3, -0.25) is 0 Å². The fraction of sp³-hybridized carbons (Fsp3) is 0.333. The number of hydrogen-bond acceptors (Lipinski definition) is 3. The van der Waals surface area contributed by atoms with Crippen LogP contribution in [0.3, 0.4) is 0 Å². The Morgan fingerprint density at radius 1 is 1.05 bits per heavy atom. The Balaban J connectivity index is 2.50. The summed E-state index contributed by atoms with van der Waals surface area (Å²) >= 11 is 0. The number of aliphatic hydroxyl groups is 1. The van der Waals surface area contributed by atoms with Crippen LogP contribution in [0.15, 0.2) is 42.5 Å². The minimum Gasteiger partial charge on any atom is -0.387 e. The summed E-state index contributed by atoms with van der Waals surface area (Å²) < 4.78 is 22.3. The quantitative estimate of drug-likeness (QED) is 0.939. The van der Waals surface area contributed by atoms with Gasteiger partial charge in [-0.2, -0.15) is 0 Å². The molecule has 19 heavy (non-hydrogen) atoms. The van der Waals surface area contributed by atoms with E-state index in [9.17, 15) is 13.5 Å². The molecular weight excluding hydrogens is 260 g/mol. The summed E-state index contributed by atoms with van der Waals surface area (Å²) in [5.41, 5.74) is 0.620. The van der Waals surface area contributed by atoms with Crippen molar-refractivity contribution in [3.05, 3.63) is 48.0 Å². The molecule has 1 N–H and O–H groups in total. The number of hydrogen-bond donors (Lipinski definition) is 1. The zero-order chi connectivity index (χ0) is 14.3. The van der Waals surface area contributed by atoms with Gasteiger partial charge in [0.1, 0.15) is 0 Å². The molecule has 0 aromatic heterocycles. The van der Waals surface area contributed by atoms with E-state index < -0.39 is 20.7 Å². The number of rotatable bonds is 3. The lowest BCUT2D eigenvalue weighted by molar-refractivity contribution is 0.139. The van der Waals surface area contributed by atoms with Crippen LogP contribution in [0, 0.1) is 0 Å². The molecule has 0 aliphatic heterocycles. The number of benzene rings is 2. The summed E-state index contributed by atoms with van der Waals surface area (Å²) in [6.45, 7) is 3.09. The molecule has 0 saturated carbocycles. The predicted molar refractivity (Wildman–Crippen MR) is 77.8 cm³/mol. The normalized spacial score (nSPS) is 14.5. The molecule has 0 bridgehead atoms. The molecule has 0 saturated heterocycles. The van der Waals surface area contributed by atoms with Crippen molar-refractivity contribution in [1.29, 1.82) is 0 Å². The molecule has 1 unspecified atom stereocenters. The molecule has 0 heterocycles. The van der Waals surface area contributed by atoms with Crippen molar-refractivity contribution in [3.63, 3.8) is 0 Å². The van der Waals surface area contributed by atoms with Crippen LogP contribution in [0.5, 0.6) is 0 Å². The maximum atomic E-state index is 11.8. The minimum absolute atomic E-state index is 0.620.